The summed E-state index contributed by atoms with van der Waals surface area (Å²) in [5.74, 6) is 0. The molecular formula is C8H13N. The Morgan fingerprint density at radius 3 is 2.89 bits per heavy atom. The molecule has 1 nitrogen and oxygen atoms in total. The van der Waals surface area contributed by atoms with Gasteiger partial charge in [-0.2, -0.15) is 0 Å². The molecule has 9 heavy (non-hydrogen) atoms. The molecule has 0 amide bonds. The molecule has 0 aromatic carbocycles. The van der Waals surface area contributed by atoms with E-state index >= 15 is 0 Å². The van der Waals surface area contributed by atoms with Gasteiger partial charge in [0.25, 0.3) is 0 Å². The van der Waals surface area contributed by atoms with Crippen molar-refractivity contribution >= 4 is 0 Å². The first kappa shape index (κ1) is 6.40. The summed E-state index contributed by atoms with van der Waals surface area (Å²) in [6, 6.07) is 0. The molecule has 1 heteroatoms. The zero-order chi connectivity index (χ0) is 6.69. The summed E-state index contributed by atoms with van der Waals surface area (Å²) < 4.78 is 0. The second-order valence-corrected chi connectivity index (χ2v) is 2.40. The van der Waals surface area contributed by atoms with Crippen LogP contribution in [0.25, 0.3) is 0 Å². The van der Waals surface area contributed by atoms with Gasteiger partial charge < -0.3 is 4.90 Å². The van der Waals surface area contributed by atoms with Crippen LogP contribution in [-0.2, 0) is 0 Å². The number of hydrogen-bond acceptors (Lipinski definition) is 1. The number of allylic oxidation sites excluding steroid dienone is 1. The van der Waals surface area contributed by atoms with Crippen molar-refractivity contribution in [1.29, 1.82) is 0 Å². The first-order valence-corrected chi connectivity index (χ1v) is 3.38. The largest absolute Gasteiger partial charge is 0.372 e. The van der Waals surface area contributed by atoms with Gasteiger partial charge in [0, 0.05) is 18.8 Å². The van der Waals surface area contributed by atoms with Crippen LogP contribution in [0.3, 0.4) is 0 Å². The highest BCUT2D eigenvalue weighted by Gasteiger charge is 2.11. The molecule has 0 saturated carbocycles. The molecule has 0 radical (unpaired) electrons. The maximum absolute atomic E-state index is 3.93. The summed E-state index contributed by atoms with van der Waals surface area (Å²) in [6.07, 6.45) is 4.37. The molecule has 0 aromatic heterocycles. The molecule has 1 saturated heterocycles. The number of nitrogens with zero attached hydrogens (tertiary/aromatic N) is 1. The Bertz CT molecular complexity index is 127. The quantitative estimate of drug-likeness (QED) is 0.506. The molecule has 1 aliphatic rings. The van der Waals surface area contributed by atoms with Gasteiger partial charge in [0.1, 0.15) is 0 Å². The number of likely N-dealkylation sites (tertiary alicyclic amines) is 1. The molecule has 0 aromatic rings. The van der Waals surface area contributed by atoms with Crippen molar-refractivity contribution in [2.24, 2.45) is 0 Å². The van der Waals surface area contributed by atoms with Crippen molar-refractivity contribution in [2.45, 2.75) is 12.8 Å². The predicted molar refractivity (Wildman–Crippen MR) is 40.1 cm³/mol. The number of hydrogen-bond donors (Lipinski definition) is 0. The van der Waals surface area contributed by atoms with Crippen LogP contribution in [0.2, 0.25) is 0 Å². The Morgan fingerprint density at radius 2 is 2.44 bits per heavy atom. The molecule has 0 aliphatic carbocycles. The van der Waals surface area contributed by atoms with E-state index in [1.807, 2.05) is 6.08 Å². The predicted octanol–water partition coefficient (Wildman–Crippen LogP) is 1.78. The van der Waals surface area contributed by atoms with Gasteiger partial charge in [-0.25, -0.2) is 0 Å². The van der Waals surface area contributed by atoms with Gasteiger partial charge in [-0.3, -0.25) is 0 Å². The van der Waals surface area contributed by atoms with Crippen LogP contribution in [0.4, 0.5) is 0 Å². The molecule has 0 spiro atoms. The normalized spacial score (nSPS) is 18.7. The van der Waals surface area contributed by atoms with E-state index in [0.717, 1.165) is 6.54 Å². The summed E-state index contributed by atoms with van der Waals surface area (Å²) >= 11 is 0. The van der Waals surface area contributed by atoms with Crippen molar-refractivity contribution in [3.05, 3.63) is 24.9 Å². The van der Waals surface area contributed by atoms with Crippen LogP contribution >= 0.6 is 0 Å². The van der Waals surface area contributed by atoms with Gasteiger partial charge >= 0.3 is 0 Å². The monoisotopic (exact) mass is 123 g/mol. The average Bonchev–Trinajstić information content (AvgIpc) is 2.18. The first-order chi connectivity index (χ1) is 4.34. The lowest BCUT2D eigenvalue weighted by molar-refractivity contribution is 0.438. The molecule has 0 atom stereocenters. The van der Waals surface area contributed by atoms with Crippen LogP contribution in [0, 0.1) is 0 Å². The van der Waals surface area contributed by atoms with Crippen LogP contribution in [0.5, 0.6) is 0 Å². The van der Waals surface area contributed by atoms with Gasteiger partial charge in [-0.15, -0.1) is 6.58 Å². The fraction of sp³-hybridized carbons (Fsp3) is 0.500. The van der Waals surface area contributed by atoms with E-state index in [9.17, 15) is 0 Å². The molecule has 0 N–H and O–H groups in total. The van der Waals surface area contributed by atoms with Gasteiger partial charge in [0.15, 0.2) is 0 Å². The molecule has 1 heterocycles. The molecule has 0 bridgehead atoms. The van der Waals surface area contributed by atoms with Gasteiger partial charge in [-0.1, -0.05) is 12.7 Å². The van der Waals surface area contributed by atoms with Crippen LogP contribution in [0.15, 0.2) is 24.9 Å². The molecule has 50 valence electrons. The van der Waals surface area contributed by atoms with Crippen LogP contribution in [-0.4, -0.2) is 18.0 Å². The van der Waals surface area contributed by atoms with Crippen molar-refractivity contribution in [2.75, 3.05) is 13.1 Å². The Kier molecular flexibility index (Phi) is 1.93. The summed E-state index contributed by atoms with van der Waals surface area (Å²) in [5, 5.41) is 0. The molecule has 1 fully saturated rings. The Hall–Kier alpha value is -0.720. The van der Waals surface area contributed by atoms with E-state index in [1.54, 1.807) is 0 Å². The minimum absolute atomic E-state index is 0.971. The highest BCUT2D eigenvalue weighted by atomic mass is 15.1. The summed E-state index contributed by atoms with van der Waals surface area (Å²) in [5.41, 5.74) is 1.27. The van der Waals surface area contributed by atoms with Gasteiger partial charge in [0.2, 0.25) is 0 Å². The van der Waals surface area contributed by atoms with E-state index in [1.165, 1.54) is 25.1 Å². The zero-order valence-corrected chi connectivity index (χ0v) is 5.77. The Morgan fingerprint density at radius 1 is 1.67 bits per heavy atom. The Labute approximate surface area is 56.7 Å². The second kappa shape index (κ2) is 2.72. The van der Waals surface area contributed by atoms with Gasteiger partial charge in [-0.05, 0) is 12.8 Å². The Balaban J connectivity index is 2.39. The molecule has 1 aliphatic heterocycles. The van der Waals surface area contributed by atoms with Gasteiger partial charge in [0.05, 0.1) is 0 Å². The fourth-order valence-corrected chi connectivity index (χ4v) is 1.17. The lowest BCUT2D eigenvalue weighted by atomic mass is 10.3. The maximum Gasteiger partial charge on any atom is 0.0353 e. The summed E-state index contributed by atoms with van der Waals surface area (Å²) in [7, 11) is 0. The number of rotatable bonds is 2. The lowest BCUT2D eigenvalue weighted by Gasteiger charge is -2.15. The van der Waals surface area contributed by atoms with Crippen LogP contribution in [0.1, 0.15) is 12.8 Å². The van der Waals surface area contributed by atoms with E-state index < -0.39 is 0 Å². The maximum atomic E-state index is 3.93. The van der Waals surface area contributed by atoms with Crippen molar-refractivity contribution in [3.8, 4) is 0 Å². The smallest absolute Gasteiger partial charge is 0.0353 e. The third kappa shape index (κ3) is 1.35. The minimum atomic E-state index is 0.971. The summed E-state index contributed by atoms with van der Waals surface area (Å²) in [4.78, 5) is 2.27. The first-order valence-electron chi connectivity index (χ1n) is 3.38. The zero-order valence-electron chi connectivity index (χ0n) is 5.77. The average molecular weight is 123 g/mol. The molecule has 0 unspecified atom stereocenters. The highest BCUT2D eigenvalue weighted by molar-refractivity contribution is 5.01. The topological polar surface area (TPSA) is 3.24 Å². The SMILES string of the molecule is C=CCN1CCCC1=C. The van der Waals surface area contributed by atoms with Crippen molar-refractivity contribution < 1.29 is 0 Å². The molecule has 1 rings (SSSR count). The standard InChI is InChI=1S/C8H13N/c1-3-6-9-7-4-5-8(9)2/h3H,1-2,4-7H2. The van der Waals surface area contributed by atoms with Crippen molar-refractivity contribution in [1.82, 2.24) is 4.90 Å². The molecular weight excluding hydrogens is 110 g/mol. The fourth-order valence-electron chi connectivity index (χ4n) is 1.17. The second-order valence-electron chi connectivity index (χ2n) is 2.40. The van der Waals surface area contributed by atoms with Crippen molar-refractivity contribution in [3.63, 3.8) is 0 Å². The summed E-state index contributed by atoms with van der Waals surface area (Å²) in [6.45, 7) is 9.75. The van der Waals surface area contributed by atoms with Crippen LogP contribution < -0.4 is 0 Å². The third-order valence-electron chi connectivity index (χ3n) is 1.69. The minimum Gasteiger partial charge on any atom is -0.372 e. The van der Waals surface area contributed by atoms with E-state index in [-0.39, 0.29) is 0 Å². The van der Waals surface area contributed by atoms with E-state index in [4.69, 9.17) is 0 Å². The highest BCUT2D eigenvalue weighted by Crippen LogP contribution is 2.17. The lowest BCUT2D eigenvalue weighted by Crippen LogP contribution is -2.16. The van der Waals surface area contributed by atoms with E-state index in [0.29, 0.717) is 0 Å². The third-order valence-corrected chi connectivity index (χ3v) is 1.69. The van der Waals surface area contributed by atoms with E-state index in [2.05, 4.69) is 18.1 Å².